The Hall–Kier alpha value is -1.13. The first-order valence-electron chi connectivity index (χ1n) is 5.75. The second-order valence-electron chi connectivity index (χ2n) is 3.85. The Kier molecular flexibility index (Phi) is 7.64. The van der Waals surface area contributed by atoms with E-state index in [1.54, 1.807) is 0 Å². The Labute approximate surface area is 114 Å². The molecular weight excluding hydrogens is 290 g/mol. The van der Waals surface area contributed by atoms with Crippen molar-refractivity contribution in [2.24, 2.45) is 0 Å². The van der Waals surface area contributed by atoms with Gasteiger partial charge in [0.05, 0.1) is 0 Å². The zero-order valence-corrected chi connectivity index (χ0v) is 12.5. The monoisotopic (exact) mass is 309 g/mol. The molecule has 7 nitrogen and oxygen atoms in total. The average Bonchev–Trinajstić information content (AvgIpc) is 2.29. The van der Waals surface area contributed by atoms with Gasteiger partial charge < -0.3 is 5.53 Å². The molecule has 0 saturated heterocycles. The zero-order valence-electron chi connectivity index (χ0n) is 11.2. The Bertz CT molecular complexity index is 492. The molecule has 0 aromatic heterocycles. The van der Waals surface area contributed by atoms with Crippen LogP contribution in [0.5, 0.6) is 0 Å². The fourth-order valence-corrected chi connectivity index (χ4v) is 1.70. The number of rotatable bonds is 3. The van der Waals surface area contributed by atoms with Crippen molar-refractivity contribution in [2.75, 3.05) is 13.1 Å². The third-order valence-electron chi connectivity index (χ3n) is 2.62. The number of nitrogens with zero attached hydrogens (tertiary/aromatic N) is 3. The van der Waals surface area contributed by atoms with E-state index >= 15 is 0 Å². The molecule has 0 amide bonds. The SMILES string of the molecule is CCN(CC)C1C=CC(=[N+]=[N-])C(C)=C1.[O]=[Cr](=[O])([OH])[OH]. The summed E-state index contributed by atoms with van der Waals surface area (Å²) >= 11 is -5.25. The molecule has 0 aromatic carbocycles. The van der Waals surface area contributed by atoms with Crippen LogP contribution in [-0.4, -0.2) is 42.8 Å². The number of hydrogen-bond acceptors (Lipinski definition) is 3. The third kappa shape index (κ3) is 7.80. The molecule has 0 saturated carbocycles. The summed E-state index contributed by atoms with van der Waals surface area (Å²) in [5, 5.41) is 0. The molecule has 1 atom stereocenters. The van der Waals surface area contributed by atoms with Crippen LogP contribution in [0.25, 0.3) is 5.53 Å². The van der Waals surface area contributed by atoms with Crippen molar-refractivity contribution in [3.05, 3.63) is 29.3 Å². The van der Waals surface area contributed by atoms with E-state index < -0.39 is 13.6 Å². The summed E-state index contributed by atoms with van der Waals surface area (Å²) in [7, 11) is 0. The molecule has 1 aliphatic carbocycles. The van der Waals surface area contributed by atoms with E-state index in [0.29, 0.717) is 11.8 Å². The quantitative estimate of drug-likeness (QED) is 0.583. The molecule has 108 valence electrons. The van der Waals surface area contributed by atoms with Gasteiger partial charge in [0, 0.05) is 17.7 Å². The van der Waals surface area contributed by atoms with Crippen LogP contribution < -0.4 is 0 Å². The Morgan fingerprint density at radius 3 is 2.16 bits per heavy atom. The van der Waals surface area contributed by atoms with E-state index in [4.69, 9.17) is 21.5 Å². The van der Waals surface area contributed by atoms with Gasteiger partial charge in [-0.25, -0.2) is 0 Å². The summed E-state index contributed by atoms with van der Waals surface area (Å²) in [6, 6.07) is 0.343. The second kappa shape index (κ2) is 8.13. The number of likely N-dealkylation sites (N-methyl/N-ethyl adjacent to an activating group) is 1. The van der Waals surface area contributed by atoms with Crippen LogP contribution in [0.3, 0.4) is 0 Å². The van der Waals surface area contributed by atoms with Gasteiger partial charge in [-0.1, -0.05) is 26.0 Å². The summed E-state index contributed by atoms with van der Waals surface area (Å²) in [5.41, 5.74) is 10.4. The van der Waals surface area contributed by atoms with Crippen LogP contribution in [-0.2, 0) is 21.2 Å². The van der Waals surface area contributed by atoms with Crippen molar-refractivity contribution in [1.29, 1.82) is 0 Å². The van der Waals surface area contributed by atoms with E-state index in [1.165, 1.54) is 0 Å². The van der Waals surface area contributed by atoms with E-state index in [9.17, 15) is 0 Å². The third-order valence-corrected chi connectivity index (χ3v) is 2.62. The van der Waals surface area contributed by atoms with Crippen LogP contribution in [0.4, 0.5) is 0 Å². The Morgan fingerprint density at radius 1 is 1.37 bits per heavy atom. The van der Waals surface area contributed by atoms with Crippen molar-refractivity contribution in [3.63, 3.8) is 0 Å². The van der Waals surface area contributed by atoms with Gasteiger partial charge in [0.1, 0.15) is 0 Å². The van der Waals surface area contributed by atoms with Crippen LogP contribution in [0.2, 0.25) is 0 Å². The van der Waals surface area contributed by atoms with E-state index in [2.05, 4.69) is 35.7 Å². The zero-order chi connectivity index (χ0) is 15.1. The Balaban J connectivity index is 0.000000555. The van der Waals surface area contributed by atoms with Crippen molar-refractivity contribution in [2.45, 2.75) is 26.8 Å². The fraction of sp³-hybridized carbons (Fsp3) is 0.545. The van der Waals surface area contributed by atoms with Gasteiger partial charge in [0.2, 0.25) is 0 Å². The van der Waals surface area contributed by atoms with Crippen LogP contribution >= 0.6 is 0 Å². The topological polar surface area (TPSA) is 114 Å². The molecule has 8 heteroatoms. The fourth-order valence-electron chi connectivity index (χ4n) is 1.70. The second-order valence-corrected chi connectivity index (χ2v) is 5.25. The van der Waals surface area contributed by atoms with Gasteiger partial charge in [-0.3, -0.25) is 4.90 Å². The first kappa shape index (κ1) is 17.9. The van der Waals surface area contributed by atoms with Crippen molar-refractivity contribution in [3.8, 4) is 0 Å². The molecule has 19 heavy (non-hydrogen) atoms. The predicted octanol–water partition coefficient (Wildman–Crippen LogP) is 0.530. The number of allylic oxidation sites excluding steroid dienone is 2. The maximum atomic E-state index is 8.82. The van der Waals surface area contributed by atoms with Crippen LogP contribution in [0.15, 0.2) is 23.8 Å². The van der Waals surface area contributed by atoms with Crippen molar-refractivity contribution >= 4 is 5.71 Å². The Morgan fingerprint density at radius 2 is 1.84 bits per heavy atom. The molecule has 0 radical (unpaired) electrons. The normalized spacial score (nSPS) is 18.5. The summed E-state index contributed by atoms with van der Waals surface area (Å²) in [6.07, 6.45) is 6.06. The standard InChI is InChI=1S/C11H17N3.Cr.2H2O.2O/c1-4-14(5-2)10-6-7-11(13-12)9(3)8-10;;;;;/h6-8,10H,4-5H2,1-3H3;;2*1H2;;/q;+2;;;;/p-2. The molecule has 2 N–H and O–H groups in total. The predicted molar refractivity (Wildman–Crippen MR) is 64.0 cm³/mol. The molecular formula is C11H19CrN3O4. The van der Waals surface area contributed by atoms with Gasteiger partial charge in [-0.05, 0) is 20.0 Å². The maximum absolute atomic E-state index is 8.82. The summed E-state index contributed by atoms with van der Waals surface area (Å²) in [6.45, 7) is 8.32. The first-order chi connectivity index (χ1) is 8.72. The average molecular weight is 309 g/mol. The summed E-state index contributed by atoms with van der Waals surface area (Å²) in [5.74, 6) is 0. The van der Waals surface area contributed by atoms with Gasteiger partial charge in [-0.2, -0.15) is 4.79 Å². The van der Waals surface area contributed by atoms with E-state index in [0.717, 1.165) is 18.7 Å². The molecule has 1 aliphatic rings. The van der Waals surface area contributed by atoms with E-state index in [-0.39, 0.29) is 0 Å². The van der Waals surface area contributed by atoms with Crippen LogP contribution in [0.1, 0.15) is 20.8 Å². The minimum atomic E-state index is -5.25. The van der Waals surface area contributed by atoms with Crippen LogP contribution in [0, 0.1) is 0 Å². The summed E-state index contributed by atoms with van der Waals surface area (Å²) < 4.78 is 31.9. The summed E-state index contributed by atoms with van der Waals surface area (Å²) in [4.78, 5) is 5.56. The van der Waals surface area contributed by atoms with Gasteiger partial charge in [0.25, 0.3) is 0 Å². The molecule has 0 bridgehead atoms. The minimum absolute atomic E-state index is 0.343. The molecule has 1 unspecified atom stereocenters. The molecule has 0 fully saturated rings. The number of hydrogen-bond donors (Lipinski definition) is 2. The van der Waals surface area contributed by atoms with Gasteiger partial charge >= 0.3 is 35.2 Å². The van der Waals surface area contributed by atoms with Gasteiger partial charge in [0.15, 0.2) is 0 Å². The molecule has 0 aromatic rings. The van der Waals surface area contributed by atoms with Crippen molar-refractivity contribution in [1.82, 2.24) is 4.90 Å². The molecule has 0 heterocycles. The molecule has 1 rings (SSSR count). The van der Waals surface area contributed by atoms with Crippen molar-refractivity contribution < 1.29 is 34.3 Å². The van der Waals surface area contributed by atoms with E-state index in [1.807, 2.05) is 13.0 Å². The molecule has 0 aliphatic heterocycles. The van der Waals surface area contributed by atoms with Gasteiger partial charge in [-0.15, -0.1) is 0 Å². The molecule has 0 spiro atoms. The first-order valence-corrected chi connectivity index (χ1v) is 7.94.